The molecule has 1 aromatic rings. The lowest BCUT2D eigenvalue weighted by Gasteiger charge is -2.29. The maximum atomic E-state index is 4.28. The highest BCUT2D eigenvalue weighted by molar-refractivity contribution is 14.0. The molecule has 0 bridgehead atoms. The van der Waals surface area contributed by atoms with E-state index < -0.39 is 0 Å². The summed E-state index contributed by atoms with van der Waals surface area (Å²) in [6.45, 7) is 9.43. The van der Waals surface area contributed by atoms with Crippen LogP contribution in [0, 0.1) is 12.3 Å². The second kappa shape index (κ2) is 9.63. The van der Waals surface area contributed by atoms with E-state index in [-0.39, 0.29) is 29.4 Å². The van der Waals surface area contributed by atoms with Crippen molar-refractivity contribution in [2.45, 2.75) is 27.3 Å². The number of nitrogens with one attached hydrogen (secondary N) is 2. The van der Waals surface area contributed by atoms with Gasteiger partial charge in [-0.05, 0) is 43.4 Å². The lowest BCUT2D eigenvalue weighted by Crippen LogP contribution is -2.44. The van der Waals surface area contributed by atoms with E-state index in [4.69, 9.17) is 0 Å². The molecule has 0 radical (unpaired) electrons. The Morgan fingerprint density at radius 2 is 2.00 bits per heavy atom. The fourth-order valence-corrected chi connectivity index (χ4v) is 3.05. The highest BCUT2D eigenvalue weighted by atomic mass is 127. The molecule has 0 aliphatic heterocycles. The van der Waals surface area contributed by atoms with Crippen molar-refractivity contribution in [3.8, 4) is 0 Å². The number of nitrogens with zero attached hydrogens (tertiary/aromatic N) is 2. The van der Waals surface area contributed by atoms with Crippen LogP contribution >= 0.6 is 35.3 Å². The van der Waals surface area contributed by atoms with Crippen LogP contribution in [0.4, 0.5) is 0 Å². The minimum Gasteiger partial charge on any atom is -0.356 e. The van der Waals surface area contributed by atoms with E-state index in [1.165, 1.54) is 10.4 Å². The van der Waals surface area contributed by atoms with Gasteiger partial charge in [-0.25, -0.2) is 0 Å². The average molecular weight is 424 g/mol. The molecule has 0 aromatic carbocycles. The molecule has 0 amide bonds. The molecule has 0 atom stereocenters. The molecule has 0 saturated carbocycles. The zero-order chi connectivity index (χ0) is 15.2. The fraction of sp³-hybridized carbons (Fsp3) is 0.667. The zero-order valence-corrected chi connectivity index (χ0v) is 17.1. The molecule has 1 aromatic heterocycles. The molecule has 1 heterocycles. The van der Waals surface area contributed by atoms with Crippen molar-refractivity contribution in [2.24, 2.45) is 10.4 Å². The van der Waals surface area contributed by atoms with E-state index in [9.17, 15) is 0 Å². The molecule has 0 aliphatic rings. The third kappa shape index (κ3) is 8.01. The molecule has 6 heteroatoms. The summed E-state index contributed by atoms with van der Waals surface area (Å²) in [5, 5.41) is 8.92. The van der Waals surface area contributed by atoms with Gasteiger partial charge in [0.2, 0.25) is 0 Å². The number of guanidine groups is 1. The molecular formula is C15H29IN4S. The molecule has 0 unspecified atom stereocenters. The molecule has 122 valence electrons. The third-order valence-electron chi connectivity index (χ3n) is 3.09. The van der Waals surface area contributed by atoms with Crippen LogP contribution in [0.2, 0.25) is 0 Å². The summed E-state index contributed by atoms with van der Waals surface area (Å²) >= 11 is 1.78. The van der Waals surface area contributed by atoms with Gasteiger partial charge in [0.1, 0.15) is 0 Å². The first kappa shape index (κ1) is 20.7. The molecule has 1 rings (SSSR count). The number of thiophene rings is 1. The van der Waals surface area contributed by atoms with Gasteiger partial charge in [-0.15, -0.1) is 35.3 Å². The van der Waals surface area contributed by atoms with Crippen LogP contribution in [0.3, 0.4) is 0 Å². The minimum atomic E-state index is 0. The summed E-state index contributed by atoms with van der Waals surface area (Å²) in [5.41, 5.74) is 1.55. The first-order valence-electron chi connectivity index (χ1n) is 6.96. The lowest BCUT2D eigenvalue weighted by molar-refractivity contribution is 0.241. The van der Waals surface area contributed by atoms with Gasteiger partial charge in [0, 0.05) is 25.0 Å². The maximum Gasteiger partial charge on any atom is 0.191 e. The Balaban J connectivity index is 0.00000400. The van der Waals surface area contributed by atoms with Gasteiger partial charge in [0.25, 0.3) is 0 Å². The van der Waals surface area contributed by atoms with Crippen LogP contribution in [0.5, 0.6) is 0 Å². The van der Waals surface area contributed by atoms with Crippen molar-refractivity contribution < 1.29 is 0 Å². The van der Waals surface area contributed by atoms with E-state index in [1.807, 2.05) is 7.05 Å². The average Bonchev–Trinajstić information content (AvgIpc) is 2.73. The van der Waals surface area contributed by atoms with Crippen molar-refractivity contribution in [1.29, 1.82) is 0 Å². The van der Waals surface area contributed by atoms with Gasteiger partial charge < -0.3 is 15.5 Å². The largest absolute Gasteiger partial charge is 0.356 e. The smallest absolute Gasteiger partial charge is 0.191 e. The molecule has 0 fully saturated rings. The quantitative estimate of drug-likeness (QED) is 0.419. The monoisotopic (exact) mass is 424 g/mol. The summed E-state index contributed by atoms with van der Waals surface area (Å²) < 4.78 is 0. The second-order valence-electron chi connectivity index (χ2n) is 6.21. The Bertz CT molecular complexity index is 441. The molecule has 0 spiro atoms. The minimum absolute atomic E-state index is 0. The Labute approximate surface area is 150 Å². The third-order valence-corrected chi connectivity index (χ3v) is 4.11. The van der Waals surface area contributed by atoms with E-state index in [2.05, 4.69) is 66.8 Å². The summed E-state index contributed by atoms with van der Waals surface area (Å²) in [5.74, 6) is 0.865. The maximum absolute atomic E-state index is 4.28. The Morgan fingerprint density at radius 3 is 2.48 bits per heavy atom. The van der Waals surface area contributed by atoms with Crippen LogP contribution in [0.25, 0.3) is 0 Å². The number of halogens is 1. The molecule has 0 saturated heterocycles. The van der Waals surface area contributed by atoms with E-state index in [1.54, 1.807) is 11.3 Å². The molecule has 21 heavy (non-hydrogen) atoms. The van der Waals surface area contributed by atoms with Crippen LogP contribution in [-0.2, 0) is 6.54 Å². The van der Waals surface area contributed by atoms with Crippen LogP contribution in [0.15, 0.2) is 16.4 Å². The number of aliphatic imine (C=N–C) groups is 1. The highest BCUT2D eigenvalue weighted by Crippen LogP contribution is 2.15. The van der Waals surface area contributed by atoms with Gasteiger partial charge >= 0.3 is 0 Å². The zero-order valence-electron chi connectivity index (χ0n) is 14.0. The first-order chi connectivity index (χ1) is 9.34. The first-order valence-corrected chi connectivity index (χ1v) is 7.84. The Kier molecular flexibility index (Phi) is 9.48. The SMILES string of the molecule is CN=C(NCc1sccc1C)NCC(C)(C)CN(C)C.I. The normalized spacial score (nSPS) is 12.2. The number of aryl methyl sites for hydroxylation is 1. The van der Waals surface area contributed by atoms with E-state index >= 15 is 0 Å². The number of hydrogen-bond donors (Lipinski definition) is 2. The Hall–Kier alpha value is -0.340. The van der Waals surface area contributed by atoms with Gasteiger partial charge in [-0.2, -0.15) is 0 Å². The topological polar surface area (TPSA) is 39.7 Å². The number of rotatable bonds is 6. The summed E-state index contributed by atoms with van der Waals surface area (Å²) in [6.07, 6.45) is 0. The van der Waals surface area contributed by atoms with Crippen LogP contribution in [0.1, 0.15) is 24.3 Å². The van der Waals surface area contributed by atoms with Crippen LogP contribution < -0.4 is 10.6 Å². The molecule has 4 nitrogen and oxygen atoms in total. The summed E-state index contributed by atoms with van der Waals surface area (Å²) in [4.78, 5) is 7.86. The molecule has 2 N–H and O–H groups in total. The van der Waals surface area contributed by atoms with Gasteiger partial charge in [-0.3, -0.25) is 4.99 Å². The fourth-order valence-electron chi connectivity index (χ4n) is 2.20. The van der Waals surface area contributed by atoms with Gasteiger partial charge in [0.05, 0.1) is 6.54 Å². The van der Waals surface area contributed by atoms with Crippen molar-refractivity contribution in [3.05, 3.63) is 21.9 Å². The summed E-state index contributed by atoms with van der Waals surface area (Å²) in [6, 6.07) is 2.15. The predicted octanol–water partition coefficient (Wildman–Crippen LogP) is 2.93. The van der Waals surface area contributed by atoms with Crippen molar-refractivity contribution in [3.63, 3.8) is 0 Å². The van der Waals surface area contributed by atoms with E-state index in [0.717, 1.165) is 25.6 Å². The van der Waals surface area contributed by atoms with Crippen molar-refractivity contribution in [1.82, 2.24) is 15.5 Å². The second-order valence-corrected chi connectivity index (χ2v) is 7.21. The molecular weight excluding hydrogens is 395 g/mol. The molecule has 0 aliphatic carbocycles. The number of hydrogen-bond acceptors (Lipinski definition) is 3. The van der Waals surface area contributed by atoms with Crippen molar-refractivity contribution in [2.75, 3.05) is 34.2 Å². The van der Waals surface area contributed by atoms with Gasteiger partial charge in [0.15, 0.2) is 5.96 Å². The summed E-state index contributed by atoms with van der Waals surface area (Å²) in [7, 11) is 6.03. The Morgan fingerprint density at radius 1 is 1.33 bits per heavy atom. The van der Waals surface area contributed by atoms with E-state index in [0.29, 0.717) is 0 Å². The van der Waals surface area contributed by atoms with Crippen LogP contribution in [-0.4, -0.2) is 45.1 Å². The highest BCUT2D eigenvalue weighted by Gasteiger charge is 2.19. The lowest BCUT2D eigenvalue weighted by atomic mass is 9.93. The standard InChI is InChI=1S/C15H28N4S.HI/c1-12-7-8-20-13(12)9-17-14(16-4)18-10-15(2,3)11-19(5)6;/h7-8H,9-11H2,1-6H3,(H2,16,17,18);1H. The van der Waals surface area contributed by atoms with Gasteiger partial charge in [-0.1, -0.05) is 13.8 Å². The van der Waals surface area contributed by atoms with Crippen molar-refractivity contribution >= 4 is 41.3 Å². The predicted molar refractivity (Wildman–Crippen MR) is 105 cm³/mol.